The van der Waals surface area contributed by atoms with Gasteiger partial charge in [0.05, 0.1) is 15.8 Å². The molecule has 2 fully saturated rings. The van der Waals surface area contributed by atoms with Crippen molar-refractivity contribution >= 4 is 28.9 Å². The maximum atomic E-state index is 6.63. The third-order valence-electron chi connectivity index (χ3n) is 7.30. The summed E-state index contributed by atoms with van der Waals surface area (Å²) in [6.07, 6.45) is 7.71. The second-order valence-corrected chi connectivity index (χ2v) is 10.5. The molecule has 188 valence electrons. The molecule has 2 N–H and O–H groups in total. The summed E-state index contributed by atoms with van der Waals surface area (Å²) < 4.78 is 12.2. The van der Waals surface area contributed by atoms with Crippen LogP contribution in [0, 0.1) is 0 Å². The molecule has 2 aromatic carbocycles. The molecule has 2 aromatic rings. The Morgan fingerprint density at radius 3 is 1.49 bits per heavy atom. The highest BCUT2D eigenvalue weighted by molar-refractivity contribution is 6.35. The summed E-state index contributed by atoms with van der Waals surface area (Å²) in [7, 11) is 0. The van der Waals surface area contributed by atoms with E-state index < -0.39 is 0 Å². The first kappa shape index (κ1) is 24.7. The molecular weight excluding hydrogens is 483 g/mol. The van der Waals surface area contributed by atoms with E-state index in [1.165, 1.54) is 38.5 Å². The van der Waals surface area contributed by atoms with Gasteiger partial charge in [-0.15, -0.1) is 0 Å². The Kier molecular flexibility index (Phi) is 8.03. The van der Waals surface area contributed by atoms with Crippen molar-refractivity contribution in [3.63, 3.8) is 0 Å². The van der Waals surface area contributed by atoms with Crippen molar-refractivity contribution < 1.29 is 9.47 Å². The highest BCUT2D eigenvalue weighted by Crippen LogP contribution is 2.45. The molecule has 6 nitrogen and oxygen atoms in total. The summed E-state index contributed by atoms with van der Waals surface area (Å²) in [5.41, 5.74) is 4.42. The van der Waals surface area contributed by atoms with Gasteiger partial charge in [0, 0.05) is 24.2 Å². The molecule has 0 bridgehead atoms. The third kappa shape index (κ3) is 5.56. The van der Waals surface area contributed by atoms with Gasteiger partial charge < -0.3 is 15.3 Å². The van der Waals surface area contributed by atoms with Gasteiger partial charge in [0.15, 0.2) is 0 Å². The number of hydrogen-bond donors (Lipinski definition) is 1. The van der Waals surface area contributed by atoms with Crippen LogP contribution >= 0.6 is 23.2 Å². The zero-order valence-electron chi connectivity index (χ0n) is 20.2. The zero-order chi connectivity index (χ0) is 24.2. The van der Waals surface area contributed by atoms with E-state index in [9.17, 15) is 0 Å². The average Bonchev–Trinajstić information content (AvgIpc) is 3.16. The van der Waals surface area contributed by atoms with Crippen molar-refractivity contribution in [2.24, 2.45) is 10.9 Å². The van der Waals surface area contributed by atoms with Gasteiger partial charge in [-0.05, 0) is 87.3 Å². The largest absolute Gasteiger partial charge is 0.491 e. The summed E-state index contributed by atoms with van der Waals surface area (Å²) in [6, 6.07) is 7.75. The lowest BCUT2D eigenvalue weighted by Crippen LogP contribution is -2.33. The molecule has 0 unspecified atom stereocenters. The van der Waals surface area contributed by atoms with Crippen LogP contribution in [-0.2, 0) is 0 Å². The number of benzene rings is 2. The Morgan fingerprint density at radius 1 is 0.657 bits per heavy atom. The number of hydrogen-bond acceptors (Lipinski definition) is 6. The molecule has 0 radical (unpaired) electrons. The van der Waals surface area contributed by atoms with Crippen LogP contribution < -0.4 is 15.3 Å². The highest BCUT2D eigenvalue weighted by Gasteiger charge is 2.29. The molecule has 2 heterocycles. The molecule has 35 heavy (non-hydrogen) atoms. The van der Waals surface area contributed by atoms with Crippen molar-refractivity contribution in [2.75, 3.05) is 52.5 Å². The van der Waals surface area contributed by atoms with E-state index in [2.05, 4.69) is 14.9 Å². The number of hydrazone groups is 1. The van der Waals surface area contributed by atoms with E-state index in [0.717, 1.165) is 61.5 Å². The molecule has 2 saturated heterocycles. The number of fused-ring (bicyclic) bond motifs is 3. The Bertz CT molecular complexity index is 998. The van der Waals surface area contributed by atoms with Gasteiger partial charge in [0.2, 0.25) is 0 Å². The molecule has 1 aliphatic carbocycles. The van der Waals surface area contributed by atoms with Gasteiger partial charge in [0.25, 0.3) is 0 Å². The quantitative estimate of drug-likeness (QED) is 0.320. The summed E-state index contributed by atoms with van der Waals surface area (Å²) in [5, 5.41) is 5.27. The van der Waals surface area contributed by atoms with Crippen molar-refractivity contribution in [3.8, 4) is 22.6 Å². The van der Waals surface area contributed by atoms with Crippen LogP contribution in [0.2, 0.25) is 10.0 Å². The standard InChI is InChI=1S/C27H34Cl2N4O2/c28-23-15-19-20-16-24(29)26(35-14-12-33-9-5-2-6-10-33)18-22(20)27(31-30)21(19)17-25(23)34-13-11-32-7-3-1-4-8-32/h15-18H,1-14,30H2. The highest BCUT2D eigenvalue weighted by atomic mass is 35.5. The minimum Gasteiger partial charge on any atom is -0.491 e. The van der Waals surface area contributed by atoms with Crippen molar-refractivity contribution in [1.82, 2.24) is 9.80 Å². The number of likely N-dealkylation sites (tertiary alicyclic amines) is 2. The van der Waals surface area contributed by atoms with Gasteiger partial charge in [-0.25, -0.2) is 0 Å². The fraction of sp³-hybridized carbons (Fsp3) is 0.519. The molecule has 8 heteroatoms. The van der Waals surface area contributed by atoms with Crippen LogP contribution in [0.25, 0.3) is 11.1 Å². The molecule has 0 amide bonds. The Hall–Kier alpha value is -1.99. The number of nitrogens with zero attached hydrogens (tertiary/aromatic N) is 3. The number of halogens is 2. The van der Waals surface area contributed by atoms with Crippen molar-refractivity contribution in [1.29, 1.82) is 0 Å². The minimum atomic E-state index is 0.574. The smallest absolute Gasteiger partial charge is 0.138 e. The first-order valence-corrected chi connectivity index (χ1v) is 13.6. The molecule has 0 spiro atoms. The van der Waals surface area contributed by atoms with Crippen molar-refractivity contribution in [2.45, 2.75) is 38.5 Å². The van der Waals surface area contributed by atoms with E-state index in [1.807, 2.05) is 24.3 Å². The number of nitrogens with two attached hydrogens (primary N) is 1. The SMILES string of the molecule is NN=C1c2cc(OCCN3CCCCC3)c(Cl)cc2-c2cc(Cl)c(OCCN3CCCCC3)cc21. The topological polar surface area (TPSA) is 63.3 Å². The van der Waals surface area contributed by atoms with Crippen LogP contribution in [0.15, 0.2) is 29.4 Å². The van der Waals surface area contributed by atoms with Crippen LogP contribution in [-0.4, -0.2) is 68.0 Å². The summed E-state index contributed by atoms with van der Waals surface area (Å²) in [4.78, 5) is 4.89. The molecule has 0 aromatic heterocycles. The van der Waals surface area contributed by atoms with Crippen LogP contribution in [0.5, 0.6) is 11.5 Å². The summed E-state index contributed by atoms with van der Waals surface area (Å²) in [5.74, 6) is 7.17. The third-order valence-corrected chi connectivity index (χ3v) is 7.89. The summed E-state index contributed by atoms with van der Waals surface area (Å²) in [6.45, 7) is 7.57. The predicted octanol–water partition coefficient (Wildman–Crippen LogP) is 5.41. The number of piperidine rings is 2. The Morgan fingerprint density at radius 2 is 1.09 bits per heavy atom. The zero-order valence-corrected chi connectivity index (χ0v) is 21.7. The van der Waals surface area contributed by atoms with Crippen LogP contribution in [0.3, 0.4) is 0 Å². The van der Waals surface area contributed by atoms with Crippen molar-refractivity contribution in [3.05, 3.63) is 45.4 Å². The van der Waals surface area contributed by atoms with Gasteiger partial charge in [0.1, 0.15) is 24.7 Å². The van der Waals surface area contributed by atoms with Gasteiger partial charge in [-0.1, -0.05) is 36.0 Å². The van der Waals surface area contributed by atoms with E-state index >= 15 is 0 Å². The first-order valence-electron chi connectivity index (χ1n) is 12.8. The molecule has 3 aliphatic rings. The number of ether oxygens (including phenoxy) is 2. The lowest BCUT2D eigenvalue weighted by atomic mass is 10.1. The average molecular weight is 518 g/mol. The maximum Gasteiger partial charge on any atom is 0.138 e. The van der Waals surface area contributed by atoms with Crippen LogP contribution in [0.1, 0.15) is 49.7 Å². The minimum absolute atomic E-state index is 0.574. The number of rotatable bonds is 8. The van der Waals surface area contributed by atoms with E-state index in [-0.39, 0.29) is 0 Å². The predicted molar refractivity (Wildman–Crippen MR) is 143 cm³/mol. The molecule has 2 aliphatic heterocycles. The Balaban J connectivity index is 1.30. The second-order valence-electron chi connectivity index (χ2n) is 9.64. The first-order chi connectivity index (χ1) is 17.1. The fourth-order valence-corrected chi connectivity index (χ4v) is 5.82. The van der Waals surface area contributed by atoms with Gasteiger partial charge in [-0.3, -0.25) is 9.80 Å². The molecule has 0 atom stereocenters. The van der Waals surface area contributed by atoms with Crippen LogP contribution in [0.4, 0.5) is 0 Å². The lowest BCUT2D eigenvalue weighted by Gasteiger charge is -2.26. The molecule has 5 rings (SSSR count). The fourth-order valence-electron chi connectivity index (χ4n) is 5.39. The normalized spacial score (nSPS) is 18.3. The molecule has 0 saturated carbocycles. The van der Waals surface area contributed by atoms with Gasteiger partial charge in [-0.2, -0.15) is 5.10 Å². The Labute approximate surface area is 218 Å². The second kappa shape index (κ2) is 11.4. The van der Waals surface area contributed by atoms with E-state index in [4.69, 9.17) is 38.5 Å². The maximum absolute atomic E-state index is 6.63. The summed E-state index contributed by atoms with van der Waals surface area (Å²) >= 11 is 13.3. The monoisotopic (exact) mass is 516 g/mol. The molecular formula is C27H34Cl2N4O2. The van der Waals surface area contributed by atoms with E-state index in [0.29, 0.717) is 40.5 Å². The van der Waals surface area contributed by atoms with Gasteiger partial charge >= 0.3 is 0 Å². The van der Waals surface area contributed by atoms with E-state index in [1.54, 1.807) is 0 Å². The lowest BCUT2D eigenvalue weighted by molar-refractivity contribution is 0.183.